The van der Waals surface area contributed by atoms with Crippen LogP contribution in [-0.2, 0) is 15.5 Å². The molecule has 0 saturated carbocycles. The molecule has 1 rings (SSSR count). The van der Waals surface area contributed by atoms with E-state index in [1.54, 1.807) is 12.3 Å². The highest BCUT2D eigenvalue weighted by molar-refractivity contribution is 6.16. The molecule has 1 aromatic rings. The summed E-state index contributed by atoms with van der Waals surface area (Å²) in [6, 6.07) is 1.62. The van der Waals surface area contributed by atoms with Crippen LogP contribution in [0.5, 0.6) is 0 Å². The van der Waals surface area contributed by atoms with Gasteiger partial charge in [-0.15, -0.1) is 11.6 Å². The van der Waals surface area contributed by atoms with Gasteiger partial charge in [0, 0.05) is 18.3 Å². The largest absolute Gasteiger partial charge is 0.478 e. The van der Waals surface area contributed by atoms with Crippen molar-refractivity contribution in [3.63, 3.8) is 0 Å². The zero-order valence-electron chi connectivity index (χ0n) is 8.58. The highest BCUT2D eigenvalue weighted by atomic mass is 35.5. The highest BCUT2D eigenvalue weighted by Gasteiger charge is 1.91. The van der Waals surface area contributed by atoms with Gasteiger partial charge < -0.3 is 15.9 Å². The van der Waals surface area contributed by atoms with E-state index < -0.39 is 11.9 Å². The number of hydrogen-bond donors (Lipinski definition) is 3. The molecule has 1 aromatic heterocycles. The Labute approximate surface area is 102 Å². The number of nitrogens with zero attached hydrogens (tertiary/aromatic N) is 2. The maximum Gasteiger partial charge on any atom is 0.328 e. The fraction of sp³-hybridized carbons (Fsp3) is 0.111. The molecule has 0 aromatic carbocycles. The highest BCUT2D eigenvalue weighted by Crippen LogP contribution is 1.97. The molecule has 0 fully saturated rings. The molecule has 92 valence electrons. The van der Waals surface area contributed by atoms with E-state index >= 15 is 0 Å². The molecular formula is C9H10ClN3O4. The molecule has 0 bridgehead atoms. The molecule has 7 nitrogen and oxygen atoms in total. The summed E-state index contributed by atoms with van der Waals surface area (Å²) in [6.45, 7) is 0. The van der Waals surface area contributed by atoms with Crippen molar-refractivity contribution < 1.29 is 19.8 Å². The minimum Gasteiger partial charge on any atom is -0.478 e. The summed E-state index contributed by atoms with van der Waals surface area (Å²) in [6.07, 6.45) is 2.70. The Bertz CT molecular complexity index is 406. The minimum atomic E-state index is -1.26. The Morgan fingerprint density at radius 3 is 2.18 bits per heavy atom. The molecule has 8 heteroatoms. The third-order valence-electron chi connectivity index (χ3n) is 1.22. The summed E-state index contributed by atoms with van der Waals surface area (Å²) in [5.41, 5.74) is 5.32. The average Bonchev–Trinajstić information content (AvgIpc) is 2.27. The van der Waals surface area contributed by atoms with Gasteiger partial charge in [-0.25, -0.2) is 19.6 Å². The normalized spacial score (nSPS) is 9.47. The number of alkyl halides is 1. The number of aromatic nitrogens is 2. The molecule has 0 aliphatic carbocycles. The monoisotopic (exact) mass is 259 g/mol. The number of nitrogens with two attached hydrogens (primary N) is 1. The van der Waals surface area contributed by atoms with Gasteiger partial charge >= 0.3 is 11.9 Å². The van der Waals surface area contributed by atoms with Gasteiger partial charge in [0.25, 0.3) is 0 Å². The Kier molecular flexibility index (Phi) is 7.04. The maximum absolute atomic E-state index is 9.55. The molecule has 0 spiro atoms. The van der Waals surface area contributed by atoms with Crippen LogP contribution >= 0.6 is 11.6 Å². The summed E-state index contributed by atoms with van der Waals surface area (Å²) in [7, 11) is 0. The van der Waals surface area contributed by atoms with Crippen LogP contribution in [0.15, 0.2) is 24.4 Å². The van der Waals surface area contributed by atoms with E-state index in [4.69, 9.17) is 27.5 Å². The first kappa shape index (κ1) is 14.8. The molecule has 0 aliphatic heterocycles. The van der Waals surface area contributed by atoms with Gasteiger partial charge in [0.05, 0.1) is 5.88 Å². The second-order valence-corrected chi connectivity index (χ2v) is 2.81. The number of anilines is 1. The fourth-order valence-electron chi connectivity index (χ4n) is 0.622. The lowest BCUT2D eigenvalue weighted by atomic mass is 10.5. The first-order valence-electron chi connectivity index (χ1n) is 4.23. The number of rotatable bonds is 3. The van der Waals surface area contributed by atoms with E-state index in [1.165, 1.54) is 0 Å². The molecule has 4 N–H and O–H groups in total. The summed E-state index contributed by atoms with van der Waals surface area (Å²) in [4.78, 5) is 26.8. The molecule has 0 radical (unpaired) electrons. The van der Waals surface area contributed by atoms with Crippen LogP contribution < -0.4 is 5.73 Å². The number of nitrogen functional groups attached to an aromatic ring is 1. The van der Waals surface area contributed by atoms with E-state index in [1.807, 2.05) is 0 Å². The average molecular weight is 260 g/mol. The van der Waals surface area contributed by atoms with Crippen molar-refractivity contribution in [1.82, 2.24) is 9.97 Å². The first-order valence-corrected chi connectivity index (χ1v) is 4.76. The third kappa shape index (κ3) is 8.82. The summed E-state index contributed by atoms with van der Waals surface area (Å²) in [5, 5.41) is 15.6. The van der Waals surface area contributed by atoms with Gasteiger partial charge in [0.1, 0.15) is 11.6 Å². The Hall–Kier alpha value is -2.15. The quantitative estimate of drug-likeness (QED) is 0.533. The van der Waals surface area contributed by atoms with E-state index in [0.29, 0.717) is 29.7 Å². The number of hydrogen-bond acceptors (Lipinski definition) is 5. The third-order valence-corrected chi connectivity index (χ3v) is 1.45. The number of carbonyl (C=O) groups is 2. The zero-order chi connectivity index (χ0) is 13.3. The lowest BCUT2D eigenvalue weighted by Crippen LogP contribution is -1.95. The van der Waals surface area contributed by atoms with Crippen molar-refractivity contribution in [1.29, 1.82) is 0 Å². The number of carboxylic acid groups (broad SMARTS) is 2. The predicted octanol–water partition coefficient (Wildman–Crippen LogP) is 0.509. The van der Waals surface area contributed by atoms with E-state index in [-0.39, 0.29) is 0 Å². The smallest absolute Gasteiger partial charge is 0.328 e. The topological polar surface area (TPSA) is 126 Å². The Morgan fingerprint density at radius 1 is 1.35 bits per heavy atom. The molecule has 1 heterocycles. The van der Waals surface area contributed by atoms with Gasteiger partial charge in [-0.3, -0.25) is 0 Å². The van der Waals surface area contributed by atoms with Crippen LogP contribution in [0.2, 0.25) is 0 Å². The van der Waals surface area contributed by atoms with Gasteiger partial charge in [-0.2, -0.15) is 0 Å². The predicted molar refractivity (Wildman–Crippen MR) is 60.4 cm³/mol. The Morgan fingerprint density at radius 2 is 1.88 bits per heavy atom. The summed E-state index contributed by atoms with van der Waals surface area (Å²) in [5.74, 6) is -1.18. The summed E-state index contributed by atoms with van der Waals surface area (Å²) >= 11 is 5.42. The van der Waals surface area contributed by atoms with Crippen molar-refractivity contribution in [3.8, 4) is 0 Å². The zero-order valence-corrected chi connectivity index (χ0v) is 9.33. The maximum atomic E-state index is 9.55. The van der Waals surface area contributed by atoms with Crippen LogP contribution in [0, 0.1) is 0 Å². The SMILES string of the molecule is Nc1ccnc(CCl)n1.O=C(O)/C=C\C(=O)O. The number of carboxylic acids is 2. The van der Waals surface area contributed by atoms with E-state index in [9.17, 15) is 9.59 Å². The summed E-state index contributed by atoms with van der Waals surface area (Å²) < 4.78 is 0. The first-order chi connectivity index (χ1) is 7.95. The van der Waals surface area contributed by atoms with Crippen molar-refractivity contribution in [2.45, 2.75) is 5.88 Å². The standard InChI is InChI=1S/C5H6ClN3.C4H4O4/c6-3-5-8-2-1-4(7)9-5;5-3(6)1-2-4(7)8/h1-2H,3H2,(H2,7,8,9);1-2H,(H,5,6)(H,7,8)/b;2-1-. The fourth-order valence-corrected chi connectivity index (χ4v) is 0.751. The molecule has 0 aliphatic rings. The molecule has 0 atom stereocenters. The van der Waals surface area contributed by atoms with Crippen molar-refractivity contribution in [3.05, 3.63) is 30.2 Å². The molecule has 17 heavy (non-hydrogen) atoms. The van der Waals surface area contributed by atoms with Gasteiger partial charge in [0.15, 0.2) is 0 Å². The van der Waals surface area contributed by atoms with Crippen LogP contribution in [0.3, 0.4) is 0 Å². The van der Waals surface area contributed by atoms with Crippen molar-refractivity contribution in [2.24, 2.45) is 0 Å². The molecule has 0 unspecified atom stereocenters. The number of halogens is 1. The lowest BCUT2D eigenvalue weighted by molar-refractivity contribution is -0.134. The van der Waals surface area contributed by atoms with Crippen LogP contribution in [0.1, 0.15) is 5.82 Å². The van der Waals surface area contributed by atoms with E-state index in [0.717, 1.165) is 0 Å². The molecular weight excluding hydrogens is 250 g/mol. The molecule has 0 saturated heterocycles. The van der Waals surface area contributed by atoms with Crippen LogP contribution in [-0.4, -0.2) is 32.1 Å². The van der Waals surface area contributed by atoms with Gasteiger partial charge in [-0.1, -0.05) is 0 Å². The second kappa shape index (κ2) is 8.05. The van der Waals surface area contributed by atoms with E-state index in [2.05, 4.69) is 9.97 Å². The van der Waals surface area contributed by atoms with Crippen LogP contribution in [0.4, 0.5) is 5.82 Å². The van der Waals surface area contributed by atoms with Crippen LogP contribution in [0.25, 0.3) is 0 Å². The second-order valence-electron chi connectivity index (χ2n) is 2.54. The minimum absolute atomic E-state index is 0.311. The van der Waals surface area contributed by atoms with Gasteiger partial charge in [0.2, 0.25) is 0 Å². The molecule has 0 amide bonds. The van der Waals surface area contributed by atoms with Crippen molar-refractivity contribution >= 4 is 29.4 Å². The number of aliphatic carboxylic acids is 2. The van der Waals surface area contributed by atoms with Crippen molar-refractivity contribution in [2.75, 3.05) is 5.73 Å². The lowest BCUT2D eigenvalue weighted by Gasteiger charge is -1.92. The Balaban J connectivity index is 0.000000304. The van der Waals surface area contributed by atoms with Gasteiger partial charge in [-0.05, 0) is 6.07 Å².